The van der Waals surface area contributed by atoms with Gasteiger partial charge in [-0.15, -0.1) is 11.8 Å². The van der Waals surface area contributed by atoms with E-state index < -0.39 is 5.97 Å². The van der Waals surface area contributed by atoms with E-state index in [1.165, 1.54) is 0 Å². The zero-order chi connectivity index (χ0) is 13.0. The van der Waals surface area contributed by atoms with E-state index >= 15 is 0 Å². The highest BCUT2D eigenvalue weighted by Gasteiger charge is 2.15. The van der Waals surface area contributed by atoms with E-state index in [0.717, 1.165) is 12.3 Å². The van der Waals surface area contributed by atoms with Gasteiger partial charge in [-0.05, 0) is 17.0 Å². The van der Waals surface area contributed by atoms with E-state index in [4.69, 9.17) is 5.11 Å². The third-order valence-electron chi connectivity index (χ3n) is 2.53. The molecule has 0 bridgehead atoms. The van der Waals surface area contributed by atoms with Crippen LogP contribution in [-0.2, 0) is 11.2 Å². The molecule has 0 unspecified atom stereocenters. The predicted molar refractivity (Wildman–Crippen MR) is 70.7 cm³/mol. The molecule has 18 heavy (non-hydrogen) atoms. The standard InChI is InChI=1S/C13H13NO3S/c15-12(16)7-9-2-1-3-10(6-9)13(17)11-8-18-5-4-14-11/h1-3,6,8,14H,4-5,7H2,(H,15,16). The van der Waals surface area contributed by atoms with Gasteiger partial charge in [-0.2, -0.15) is 0 Å². The highest BCUT2D eigenvalue weighted by atomic mass is 32.2. The van der Waals surface area contributed by atoms with Gasteiger partial charge in [-0.3, -0.25) is 9.59 Å². The number of thioether (sulfide) groups is 1. The molecule has 2 rings (SSSR count). The molecule has 0 atom stereocenters. The van der Waals surface area contributed by atoms with Crippen LogP contribution in [-0.4, -0.2) is 29.2 Å². The second-order valence-corrected chi connectivity index (χ2v) is 4.91. The van der Waals surface area contributed by atoms with Gasteiger partial charge in [-0.25, -0.2) is 0 Å². The third-order valence-corrected chi connectivity index (χ3v) is 3.37. The average molecular weight is 263 g/mol. The Hall–Kier alpha value is -1.75. The Morgan fingerprint density at radius 1 is 1.39 bits per heavy atom. The van der Waals surface area contributed by atoms with E-state index in [2.05, 4.69) is 5.32 Å². The highest BCUT2D eigenvalue weighted by molar-refractivity contribution is 8.02. The number of carbonyl (C=O) groups excluding carboxylic acids is 1. The maximum Gasteiger partial charge on any atom is 0.307 e. The van der Waals surface area contributed by atoms with Gasteiger partial charge in [0, 0.05) is 17.9 Å². The van der Waals surface area contributed by atoms with Crippen molar-refractivity contribution in [2.45, 2.75) is 6.42 Å². The molecule has 0 radical (unpaired) electrons. The number of nitrogens with one attached hydrogen (secondary N) is 1. The van der Waals surface area contributed by atoms with E-state index in [9.17, 15) is 9.59 Å². The number of rotatable bonds is 4. The van der Waals surface area contributed by atoms with Crippen molar-refractivity contribution in [3.05, 3.63) is 46.5 Å². The molecule has 0 saturated heterocycles. The first kappa shape index (κ1) is 12.7. The highest BCUT2D eigenvalue weighted by Crippen LogP contribution is 2.16. The van der Waals surface area contributed by atoms with Crippen LogP contribution in [0, 0.1) is 0 Å². The van der Waals surface area contributed by atoms with Crippen molar-refractivity contribution in [3.63, 3.8) is 0 Å². The molecule has 94 valence electrons. The van der Waals surface area contributed by atoms with Crippen LogP contribution < -0.4 is 5.32 Å². The topological polar surface area (TPSA) is 66.4 Å². The first-order valence-corrected chi connectivity index (χ1v) is 6.63. The third kappa shape index (κ3) is 3.13. The SMILES string of the molecule is O=C(O)Cc1cccc(C(=O)C2=CSCCN2)c1. The van der Waals surface area contributed by atoms with Gasteiger partial charge in [0.2, 0.25) is 5.78 Å². The molecule has 1 heterocycles. The van der Waals surface area contributed by atoms with Crippen LogP contribution in [0.3, 0.4) is 0 Å². The van der Waals surface area contributed by atoms with Crippen LogP contribution in [0.25, 0.3) is 0 Å². The van der Waals surface area contributed by atoms with Crippen molar-refractivity contribution in [2.75, 3.05) is 12.3 Å². The number of benzene rings is 1. The second kappa shape index (κ2) is 5.73. The molecule has 0 aliphatic carbocycles. The number of hydrogen-bond acceptors (Lipinski definition) is 4. The second-order valence-electron chi connectivity index (χ2n) is 3.93. The van der Waals surface area contributed by atoms with Crippen LogP contribution in [0.1, 0.15) is 15.9 Å². The summed E-state index contributed by atoms with van der Waals surface area (Å²) in [5.74, 6) is -0.0323. The minimum absolute atomic E-state index is 0.0671. The fourth-order valence-corrected chi connectivity index (χ4v) is 2.41. The summed E-state index contributed by atoms with van der Waals surface area (Å²) in [4.78, 5) is 22.8. The number of aliphatic carboxylic acids is 1. The number of hydrogen-bond donors (Lipinski definition) is 2. The molecule has 2 N–H and O–H groups in total. The zero-order valence-electron chi connectivity index (χ0n) is 9.68. The molecule has 1 aliphatic rings. The van der Waals surface area contributed by atoms with E-state index in [0.29, 0.717) is 16.8 Å². The number of carbonyl (C=O) groups is 2. The van der Waals surface area contributed by atoms with Gasteiger partial charge in [0.25, 0.3) is 0 Å². The molecule has 0 spiro atoms. The van der Waals surface area contributed by atoms with Crippen LogP contribution in [0.2, 0.25) is 0 Å². The Bertz CT molecular complexity index is 511. The van der Waals surface area contributed by atoms with Gasteiger partial charge in [0.1, 0.15) is 0 Å². The zero-order valence-corrected chi connectivity index (χ0v) is 10.5. The largest absolute Gasteiger partial charge is 0.481 e. The molecule has 1 aliphatic heterocycles. The lowest BCUT2D eigenvalue weighted by Crippen LogP contribution is -2.25. The van der Waals surface area contributed by atoms with Crippen molar-refractivity contribution < 1.29 is 14.7 Å². The maximum atomic E-state index is 12.1. The monoisotopic (exact) mass is 263 g/mol. The normalized spacial score (nSPS) is 14.6. The lowest BCUT2D eigenvalue weighted by molar-refractivity contribution is -0.136. The number of carboxylic acids is 1. The molecular formula is C13H13NO3S. The minimum atomic E-state index is -0.898. The fraction of sp³-hybridized carbons (Fsp3) is 0.231. The van der Waals surface area contributed by atoms with Crippen molar-refractivity contribution in [1.29, 1.82) is 0 Å². The number of ketones is 1. The molecule has 0 aromatic heterocycles. The first-order chi connectivity index (χ1) is 8.66. The first-order valence-electron chi connectivity index (χ1n) is 5.58. The summed E-state index contributed by atoms with van der Waals surface area (Å²) in [6.45, 7) is 0.775. The summed E-state index contributed by atoms with van der Waals surface area (Å²) in [5, 5.41) is 13.6. The van der Waals surface area contributed by atoms with Crippen molar-refractivity contribution in [2.24, 2.45) is 0 Å². The van der Waals surface area contributed by atoms with Crippen LogP contribution in [0.4, 0.5) is 0 Å². The van der Waals surface area contributed by atoms with Gasteiger partial charge in [0.15, 0.2) is 0 Å². The van der Waals surface area contributed by atoms with Crippen molar-refractivity contribution in [1.82, 2.24) is 5.32 Å². The number of carboxylic acid groups (broad SMARTS) is 1. The summed E-state index contributed by atoms with van der Waals surface area (Å²) in [6, 6.07) is 6.76. The molecule has 0 amide bonds. The Balaban J connectivity index is 2.19. The van der Waals surface area contributed by atoms with Gasteiger partial charge in [0.05, 0.1) is 12.1 Å². The molecule has 1 aromatic rings. The summed E-state index contributed by atoms with van der Waals surface area (Å²) in [6.07, 6.45) is -0.0671. The maximum absolute atomic E-state index is 12.1. The van der Waals surface area contributed by atoms with Gasteiger partial charge < -0.3 is 10.4 Å². The molecule has 5 heteroatoms. The molecule has 4 nitrogen and oxygen atoms in total. The Morgan fingerprint density at radius 3 is 2.89 bits per heavy atom. The summed E-state index contributed by atoms with van der Waals surface area (Å²) in [5.41, 5.74) is 1.74. The Labute approximate surface area is 109 Å². The average Bonchev–Trinajstić information content (AvgIpc) is 2.38. The van der Waals surface area contributed by atoms with E-state index in [-0.39, 0.29) is 12.2 Å². The molecular weight excluding hydrogens is 250 g/mol. The lowest BCUT2D eigenvalue weighted by atomic mass is 10.0. The number of allylic oxidation sites excluding steroid dienone is 1. The Morgan fingerprint density at radius 2 is 2.22 bits per heavy atom. The Kier molecular flexibility index (Phi) is 4.04. The number of Topliss-reactive ketones (excluding diaryl/α,β-unsaturated/α-hetero) is 1. The van der Waals surface area contributed by atoms with E-state index in [1.54, 1.807) is 36.0 Å². The molecule has 0 fully saturated rings. The molecule has 1 aromatic carbocycles. The van der Waals surface area contributed by atoms with Gasteiger partial charge >= 0.3 is 5.97 Å². The molecule has 0 saturated carbocycles. The van der Waals surface area contributed by atoms with Gasteiger partial charge in [-0.1, -0.05) is 18.2 Å². The van der Waals surface area contributed by atoms with Crippen molar-refractivity contribution in [3.8, 4) is 0 Å². The summed E-state index contributed by atoms with van der Waals surface area (Å²) in [7, 11) is 0. The quantitative estimate of drug-likeness (QED) is 0.809. The predicted octanol–water partition coefficient (Wildman–Crippen LogP) is 1.67. The smallest absolute Gasteiger partial charge is 0.307 e. The minimum Gasteiger partial charge on any atom is -0.481 e. The van der Waals surface area contributed by atoms with Crippen molar-refractivity contribution >= 4 is 23.5 Å². The van der Waals surface area contributed by atoms with Crippen LogP contribution in [0.5, 0.6) is 0 Å². The summed E-state index contributed by atoms with van der Waals surface area (Å²) < 4.78 is 0. The summed E-state index contributed by atoms with van der Waals surface area (Å²) >= 11 is 1.60. The van der Waals surface area contributed by atoms with E-state index in [1.807, 2.05) is 5.41 Å². The fourth-order valence-electron chi connectivity index (χ4n) is 1.72. The van der Waals surface area contributed by atoms with Crippen LogP contribution >= 0.6 is 11.8 Å². The van der Waals surface area contributed by atoms with Crippen LogP contribution in [0.15, 0.2) is 35.4 Å². The lowest BCUT2D eigenvalue weighted by Gasteiger charge is -2.14.